The summed E-state index contributed by atoms with van der Waals surface area (Å²) in [6.45, 7) is 1.63. The molecule has 0 aliphatic carbocycles. The molecule has 0 spiro atoms. The molecular formula is C11H11F3O2. The molecule has 0 aromatic heterocycles. The Morgan fingerprint density at radius 1 is 1.25 bits per heavy atom. The van der Waals surface area contributed by atoms with E-state index in [1.807, 2.05) is 0 Å². The van der Waals surface area contributed by atoms with E-state index in [1.54, 1.807) is 6.92 Å². The van der Waals surface area contributed by atoms with Crippen LogP contribution in [0.25, 0.3) is 0 Å². The van der Waals surface area contributed by atoms with Crippen LogP contribution in [0.1, 0.15) is 24.8 Å². The molecule has 1 aromatic carbocycles. The second-order valence-corrected chi connectivity index (χ2v) is 3.27. The number of hydrogen-bond acceptors (Lipinski definition) is 2. The molecule has 88 valence electrons. The van der Waals surface area contributed by atoms with Crippen LogP contribution in [0.5, 0.6) is 0 Å². The molecule has 1 aromatic rings. The van der Waals surface area contributed by atoms with E-state index in [-0.39, 0.29) is 12.0 Å². The van der Waals surface area contributed by atoms with Gasteiger partial charge in [0, 0.05) is 11.6 Å². The molecule has 1 atom stereocenters. The molecule has 0 radical (unpaired) electrons. The minimum absolute atomic E-state index is 0.187. The summed E-state index contributed by atoms with van der Waals surface area (Å²) in [6.07, 6.45) is 0.245. The first-order valence-electron chi connectivity index (χ1n) is 4.73. The summed E-state index contributed by atoms with van der Waals surface area (Å²) in [5.41, 5.74) is -0.187. The van der Waals surface area contributed by atoms with Crippen LogP contribution in [0.4, 0.5) is 13.2 Å². The van der Waals surface area contributed by atoms with Gasteiger partial charge in [0.25, 0.3) is 0 Å². The molecule has 0 saturated heterocycles. The molecule has 0 aliphatic heterocycles. The van der Waals surface area contributed by atoms with E-state index in [4.69, 9.17) is 0 Å². The van der Waals surface area contributed by atoms with E-state index in [9.17, 15) is 18.0 Å². The van der Waals surface area contributed by atoms with Crippen molar-refractivity contribution in [3.63, 3.8) is 0 Å². The molecule has 0 fully saturated rings. The highest BCUT2D eigenvalue weighted by Gasteiger charge is 2.24. The smallest absolute Gasteiger partial charge is 0.313 e. The largest absolute Gasteiger partial charge is 0.469 e. The fourth-order valence-corrected chi connectivity index (χ4v) is 1.46. The number of esters is 1. The van der Waals surface area contributed by atoms with E-state index in [0.717, 1.165) is 7.11 Å². The first-order valence-corrected chi connectivity index (χ1v) is 4.73. The third-order valence-electron chi connectivity index (χ3n) is 2.31. The Labute approximate surface area is 91.0 Å². The third kappa shape index (κ3) is 2.35. The molecular weight excluding hydrogens is 221 g/mol. The molecule has 2 nitrogen and oxygen atoms in total. The Bertz CT molecular complexity index is 404. The lowest BCUT2D eigenvalue weighted by molar-refractivity contribution is -0.142. The predicted molar refractivity (Wildman–Crippen MR) is 51.4 cm³/mol. The van der Waals surface area contributed by atoms with Gasteiger partial charge < -0.3 is 4.74 Å². The lowest BCUT2D eigenvalue weighted by Crippen LogP contribution is -2.15. The summed E-state index contributed by atoms with van der Waals surface area (Å²) in [4.78, 5) is 11.3. The van der Waals surface area contributed by atoms with Crippen molar-refractivity contribution >= 4 is 5.97 Å². The maximum Gasteiger partial charge on any atom is 0.313 e. The van der Waals surface area contributed by atoms with E-state index < -0.39 is 29.3 Å². The summed E-state index contributed by atoms with van der Waals surface area (Å²) in [7, 11) is 1.16. The lowest BCUT2D eigenvalue weighted by Gasteiger charge is -2.13. The van der Waals surface area contributed by atoms with Gasteiger partial charge in [-0.25, -0.2) is 13.2 Å². The maximum atomic E-state index is 13.3. The second-order valence-electron chi connectivity index (χ2n) is 3.27. The minimum atomic E-state index is -1.28. The third-order valence-corrected chi connectivity index (χ3v) is 2.31. The van der Waals surface area contributed by atoms with Gasteiger partial charge in [0.05, 0.1) is 13.0 Å². The van der Waals surface area contributed by atoms with Crippen molar-refractivity contribution in [1.29, 1.82) is 0 Å². The monoisotopic (exact) mass is 232 g/mol. The van der Waals surface area contributed by atoms with Gasteiger partial charge in [-0.15, -0.1) is 0 Å². The predicted octanol–water partition coefficient (Wildman–Crippen LogP) is 2.77. The van der Waals surface area contributed by atoms with Crippen molar-refractivity contribution in [2.24, 2.45) is 0 Å². The number of halogens is 3. The SMILES string of the molecule is CCC(C(=O)OC)c1cc(F)c(F)cc1F. The first kappa shape index (κ1) is 12.5. The normalized spacial score (nSPS) is 12.3. The number of rotatable bonds is 3. The average Bonchev–Trinajstić information content (AvgIpc) is 2.26. The Kier molecular flexibility index (Phi) is 3.93. The van der Waals surface area contributed by atoms with E-state index in [2.05, 4.69) is 4.74 Å². The Morgan fingerprint density at radius 3 is 2.31 bits per heavy atom. The van der Waals surface area contributed by atoms with Gasteiger partial charge in [0.15, 0.2) is 11.6 Å². The van der Waals surface area contributed by atoms with Crippen molar-refractivity contribution in [1.82, 2.24) is 0 Å². The molecule has 0 saturated carbocycles. The zero-order valence-corrected chi connectivity index (χ0v) is 8.89. The van der Waals surface area contributed by atoms with Crippen LogP contribution in [0.15, 0.2) is 12.1 Å². The number of carbonyl (C=O) groups excluding carboxylic acids is 1. The van der Waals surface area contributed by atoms with Gasteiger partial charge in [-0.2, -0.15) is 0 Å². The van der Waals surface area contributed by atoms with Crippen molar-refractivity contribution in [3.8, 4) is 0 Å². The molecule has 0 bridgehead atoms. The van der Waals surface area contributed by atoms with Gasteiger partial charge in [-0.3, -0.25) is 4.79 Å². The molecule has 16 heavy (non-hydrogen) atoms. The van der Waals surface area contributed by atoms with Crippen LogP contribution >= 0.6 is 0 Å². The lowest BCUT2D eigenvalue weighted by atomic mass is 9.96. The Morgan fingerprint density at radius 2 is 1.81 bits per heavy atom. The summed E-state index contributed by atoms with van der Waals surface area (Å²) >= 11 is 0. The van der Waals surface area contributed by atoms with Crippen molar-refractivity contribution in [3.05, 3.63) is 35.1 Å². The van der Waals surface area contributed by atoms with Crippen molar-refractivity contribution < 1.29 is 22.7 Å². The number of carbonyl (C=O) groups is 1. The highest BCUT2D eigenvalue weighted by molar-refractivity contribution is 5.78. The fraction of sp³-hybridized carbons (Fsp3) is 0.364. The molecule has 1 unspecified atom stereocenters. The van der Waals surface area contributed by atoms with Gasteiger partial charge >= 0.3 is 5.97 Å². The Balaban J connectivity index is 3.20. The zero-order chi connectivity index (χ0) is 12.3. The summed E-state index contributed by atoms with van der Waals surface area (Å²) in [5.74, 6) is -5.00. The van der Waals surface area contributed by atoms with Crippen LogP contribution < -0.4 is 0 Å². The van der Waals surface area contributed by atoms with E-state index in [0.29, 0.717) is 12.1 Å². The van der Waals surface area contributed by atoms with Crippen LogP contribution in [-0.4, -0.2) is 13.1 Å². The fourth-order valence-electron chi connectivity index (χ4n) is 1.46. The van der Waals surface area contributed by atoms with Gasteiger partial charge in [0.1, 0.15) is 5.82 Å². The van der Waals surface area contributed by atoms with Crippen molar-refractivity contribution in [2.45, 2.75) is 19.3 Å². The Hall–Kier alpha value is -1.52. The number of benzene rings is 1. The average molecular weight is 232 g/mol. The molecule has 0 amide bonds. The number of ether oxygens (including phenoxy) is 1. The number of methoxy groups -OCH3 is 1. The summed E-state index contributed by atoms with van der Waals surface area (Å²) < 4.78 is 43.4. The van der Waals surface area contributed by atoms with Gasteiger partial charge in [-0.1, -0.05) is 6.92 Å². The first-order chi connectivity index (χ1) is 7.51. The highest BCUT2D eigenvalue weighted by Crippen LogP contribution is 2.25. The van der Waals surface area contributed by atoms with Gasteiger partial charge in [-0.05, 0) is 12.5 Å². The van der Waals surface area contributed by atoms with Crippen LogP contribution in [0.2, 0.25) is 0 Å². The molecule has 0 aliphatic rings. The molecule has 1 rings (SSSR count). The molecule has 0 N–H and O–H groups in total. The maximum absolute atomic E-state index is 13.3. The minimum Gasteiger partial charge on any atom is -0.469 e. The molecule has 5 heteroatoms. The number of hydrogen-bond donors (Lipinski definition) is 0. The topological polar surface area (TPSA) is 26.3 Å². The summed E-state index contributed by atoms with van der Waals surface area (Å²) in [6, 6.07) is 1.12. The zero-order valence-electron chi connectivity index (χ0n) is 8.89. The summed E-state index contributed by atoms with van der Waals surface area (Å²) in [5, 5.41) is 0. The second kappa shape index (κ2) is 5.01. The van der Waals surface area contributed by atoms with Gasteiger partial charge in [0.2, 0.25) is 0 Å². The van der Waals surface area contributed by atoms with Crippen LogP contribution in [0.3, 0.4) is 0 Å². The van der Waals surface area contributed by atoms with Crippen molar-refractivity contribution in [2.75, 3.05) is 7.11 Å². The quantitative estimate of drug-likeness (QED) is 0.591. The van der Waals surface area contributed by atoms with Crippen LogP contribution in [0, 0.1) is 17.5 Å². The van der Waals surface area contributed by atoms with Crippen LogP contribution in [-0.2, 0) is 9.53 Å². The molecule has 0 heterocycles. The van der Waals surface area contributed by atoms with E-state index in [1.165, 1.54) is 0 Å². The standard InChI is InChI=1S/C11H11F3O2/c1-3-6(11(15)16-2)7-4-9(13)10(14)5-8(7)12/h4-6H,3H2,1-2H3. The van der Waals surface area contributed by atoms with E-state index >= 15 is 0 Å². The highest BCUT2D eigenvalue weighted by atomic mass is 19.2.